The van der Waals surface area contributed by atoms with Crippen LogP contribution < -0.4 is 10.6 Å². The number of hydrogen-bond donors (Lipinski definition) is 2. The third-order valence-electron chi connectivity index (χ3n) is 4.30. The van der Waals surface area contributed by atoms with E-state index in [1.54, 1.807) is 12.1 Å². The minimum atomic E-state index is -0.435. The van der Waals surface area contributed by atoms with Gasteiger partial charge in [-0.2, -0.15) is 5.26 Å². The smallest absolute Gasteiger partial charge is 0.319 e. The van der Waals surface area contributed by atoms with Gasteiger partial charge in [-0.1, -0.05) is 13.8 Å². The summed E-state index contributed by atoms with van der Waals surface area (Å²) in [7, 11) is 0. The van der Waals surface area contributed by atoms with Crippen molar-refractivity contribution in [2.45, 2.75) is 26.8 Å². The zero-order chi connectivity index (χ0) is 19.6. The van der Waals surface area contributed by atoms with Crippen molar-refractivity contribution < 1.29 is 13.6 Å². The van der Waals surface area contributed by atoms with Gasteiger partial charge in [0.2, 0.25) is 0 Å². The van der Waals surface area contributed by atoms with Crippen molar-refractivity contribution in [3.63, 3.8) is 0 Å². The maximum Gasteiger partial charge on any atom is 0.319 e. The number of pyridine rings is 1. The molecule has 2 amide bonds. The average Bonchev–Trinajstić information content (AvgIpc) is 2.95. The summed E-state index contributed by atoms with van der Waals surface area (Å²) < 4.78 is 19.5. The van der Waals surface area contributed by atoms with Gasteiger partial charge in [0.25, 0.3) is 0 Å². The molecule has 6 nitrogen and oxygen atoms in total. The molecule has 3 rings (SSSR count). The lowest BCUT2D eigenvalue weighted by atomic mass is 9.98. The van der Waals surface area contributed by atoms with E-state index < -0.39 is 12.1 Å². The van der Waals surface area contributed by atoms with Crippen LogP contribution in [0.5, 0.6) is 0 Å². The largest absolute Gasteiger partial charge is 0.459 e. The summed E-state index contributed by atoms with van der Waals surface area (Å²) >= 11 is 0. The van der Waals surface area contributed by atoms with Gasteiger partial charge in [-0.05, 0) is 43.2 Å². The number of amides is 2. The molecule has 27 heavy (non-hydrogen) atoms. The number of rotatable bonds is 4. The Bertz CT molecular complexity index is 1040. The molecule has 3 aromatic rings. The van der Waals surface area contributed by atoms with Crippen molar-refractivity contribution in [1.29, 1.82) is 5.26 Å². The highest BCUT2D eigenvalue weighted by atomic mass is 19.1. The van der Waals surface area contributed by atoms with Gasteiger partial charge in [-0.25, -0.2) is 14.2 Å². The van der Waals surface area contributed by atoms with Gasteiger partial charge in [-0.3, -0.25) is 0 Å². The van der Waals surface area contributed by atoms with Crippen LogP contribution in [-0.4, -0.2) is 11.0 Å². The molecule has 0 saturated heterocycles. The molecule has 0 aliphatic heterocycles. The lowest BCUT2D eigenvalue weighted by Gasteiger charge is -2.21. The molecule has 1 aromatic carbocycles. The Hall–Kier alpha value is -3.40. The molecule has 0 spiro atoms. The number of aryl methyl sites for hydroxylation is 1. The second-order valence-corrected chi connectivity index (χ2v) is 6.59. The number of hydrogen-bond acceptors (Lipinski definition) is 4. The number of halogens is 1. The number of nitriles is 1. The SMILES string of the molecule is Cc1c([C@H](NC(=O)Nc2ccnc(C#N)c2)C(C)C)oc2ccc(F)cc12. The number of urea groups is 1. The van der Waals surface area contributed by atoms with E-state index in [4.69, 9.17) is 9.68 Å². The lowest BCUT2D eigenvalue weighted by molar-refractivity contribution is 0.241. The van der Waals surface area contributed by atoms with E-state index in [-0.39, 0.29) is 17.4 Å². The topological polar surface area (TPSA) is 91.0 Å². The fraction of sp³-hybridized carbons (Fsp3) is 0.250. The first-order chi connectivity index (χ1) is 12.9. The van der Waals surface area contributed by atoms with E-state index >= 15 is 0 Å². The molecule has 7 heteroatoms. The standard InChI is InChI=1S/C20H19FN4O2/c1-11(2)18(19-12(3)16-8-13(21)4-5-17(16)27-19)25-20(26)24-14-6-7-23-15(9-14)10-22/h4-9,11,18H,1-3H3,(H2,23,24,25,26)/t18-/m1/s1. The first-order valence-corrected chi connectivity index (χ1v) is 8.51. The Morgan fingerprint density at radius 2 is 2.07 bits per heavy atom. The number of fused-ring (bicyclic) bond motifs is 1. The minimum Gasteiger partial charge on any atom is -0.459 e. The predicted molar refractivity (Wildman–Crippen MR) is 99.6 cm³/mol. The molecule has 0 radical (unpaired) electrons. The second kappa shape index (κ2) is 7.46. The van der Waals surface area contributed by atoms with Crippen molar-refractivity contribution in [1.82, 2.24) is 10.3 Å². The Balaban J connectivity index is 1.85. The Morgan fingerprint density at radius 3 is 2.78 bits per heavy atom. The van der Waals surface area contributed by atoms with E-state index in [2.05, 4.69) is 15.6 Å². The van der Waals surface area contributed by atoms with Gasteiger partial charge >= 0.3 is 6.03 Å². The van der Waals surface area contributed by atoms with Gasteiger partial charge < -0.3 is 15.1 Å². The molecule has 0 unspecified atom stereocenters. The molecule has 0 bridgehead atoms. The first kappa shape index (κ1) is 18.4. The monoisotopic (exact) mass is 366 g/mol. The highest BCUT2D eigenvalue weighted by Gasteiger charge is 2.25. The lowest BCUT2D eigenvalue weighted by Crippen LogP contribution is -2.35. The van der Waals surface area contributed by atoms with Crippen LogP contribution in [0.25, 0.3) is 11.0 Å². The Morgan fingerprint density at radius 1 is 1.30 bits per heavy atom. The van der Waals surface area contributed by atoms with Gasteiger partial charge in [0.1, 0.15) is 28.9 Å². The number of carbonyl (C=O) groups is 1. The van der Waals surface area contributed by atoms with Crippen LogP contribution in [0.1, 0.15) is 36.9 Å². The molecule has 138 valence electrons. The van der Waals surface area contributed by atoms with Crippen molar-refractivity contribution in [3.05, 3.63) is 59.4 Å². The van der Waals surface area contributed by atoms with Crippen LogP contribution in [0.2, 0.25) is 0 Å². The number of nitrogens with zero attached hydrogens (tertiary/aromatic N) is 2. The summed E-state index contributed by atoms with van der Waals surface area (Å²) in [4.78, 5) is 16.3. The molecule has 0 aliphatic carbocycles. The number of benzene rings is 1. The minimum absolute atomic E-state index is 0.0342. The highest BCUT2D eigenvalue weighted by Crippen LogP contribution is 2.33. The first-order valence-electron chi connectivity index (χ1n) is 8.51. The van der Waals surface area contributed by atoms with E-state index in [0.29, 0.717) is 22.4 Å². The molecule has 0 aliphatic rings. The van der Waals surface area contributed by atoms with Crippen LogP contribution in [-0.2, 0) is 0 Å². The maximum absolute atomic E-state index is 13.6. The zero-order valence-electron chi connectivity index (χ0n) is 15.2. The molecule has 2 aromatic heterocycles. The number of carbonyl (C=O) groups excluding carboxylic acids is 1. The zero-order valence-corrected chi connectivity index (χ0v) is 15.2. The normalized spacial score (nSPS) is 12.0. The Labute approximate surface area is 156 Å². The van der Waals surface area contributed by atoms with Gasteiger partial charge in [0, 0.05) is 22.8 Å². The molecule has 1 atom stereocenters. The highest BCUT2D eigenvalue weighted by molar-refractivity contribution is 5.90. The third kappa shape index (κ3) is 3.90. The number of nitrogens with one attached hydrogen (secondary N) is 2. The predicted octanol–water partition coefficient (Wildman–Crippen LogP) is 4.67. The average molecular weight is 366 g/mol. The second-order valence-electron chi connectivity index (χ2n) is 6.59. The third-order valence-corrected chi connectivity index (χ3v) is 4.30. The Kier molecular flexibility index (Phi) is 5.08. The van der Waals surface area contributed by atoms with Crippen molar-refractivity contribution in [2.24, 2.45) is 5.92 Å². The molecule has 0 saturated carbocycles. The van der Waals surface area contributed by atoms with E-state index in [9.17, 15) is 9.18 Å². The van der Waals surface area contributed by atoms with Crippen LogP contribution in [0.4, 0.5) is 14.9 Å². The van der Waals surface area contributed by atoms with Crippen molar-refractivity contribution in [2.75, 3.05) is 5.32 Å². The molecule has 2 N–H and O–H groups in total. The molecule has 2 heterocycles. The van der Waals surface area contributed by atoms with E-state index in [0.717, 1.165) is 5.56 Å². The number of aromatic nitrogens is 1. The molecular weight excluding hydrogens is 347 g/mol. The van der Waals surface area contributed by atoms with Gasteiger partial charge in [-0.15, -0.1) is 0 Å². The summed E-state index contributed by atoms with van der Waals surface area (Å²) in [6.45, 7) is 5.76. The van der Waals surface area contributed by atoms with Crippen molar-refractivity contribution >= 4 is 22.7 Å². The maximum atomic E-state index is 13.6. The van der Waals surface area contributed by atoms with E-state index in [1.165, 1.54) is 24.4 Å². The number of anilines is 1. The van der Waals surface area contributed by atoms with Crippen LogP contribution >= 0.6 is 0 Å². The summed E-state index contributed by atoms with van der Waals surface area (Å²) in [5.74, 6) is 0.288. The fourth-order valence-corrected chi connectivity index (χ4v) is 2.92. The quantitative estimate of drug-likeness (QED) is 0.702. The summed E-state index contributed by atoms with van der Waals surface area (Å²) in [6.07, 6.45) is 1.45. The number of furan rings is 1. The van der Waals surface area contributed by atoms with Crippen molar-refractivity contribution in [3.8, 4) is 6.07 Å². The fourth-order valence-electron chi connectivity index (χ4n) is 2.92. The van der Waals surface area contributed by atoms with Crippen LogP contribution in [0.3, 0.4) is 0 Å². The van der Waals surface area contributed by atoms with E-state index in [1.807, 2.05) is 26.8 Å². The summed E-state index contributed by atoms with van der Waals surface area (Å²) in [5.41, 5.74) is 2.04. The van der Waals surface area contributed by atoms with Gasteiger partial charge in [0.05, 0.1) is 6.04 Å². The van der Waals surface area contributed by atoms with Gasteiger partial charge in [0.15, 0.2) is 0 Å². The molecule has 0 fully saturated rings. The van der Waals surface area contributed by atoms with Crippen LogP contribution in [0.15, 0.2) is 40.9 Å². The summed E-state index contributed by atoms with van der Waals surface area (Å²) in [5, 5.41) is 15.2. The molecular formula is C20H19FN4O2. The van der Waals surface area contributed by atoms with Crippen LogP contribution in [0, 0.1) is 30.0 Å². The summed E-state index contributed by atoms with van der Waals surface area (Å²) in [6, 6.07) is 8.52.